The van der Waals surface area contributed by atoms with Gasteiger partial charge in [-0.15, -0.1) is 0 Å². The molecule has 37 heavy (non-hydrogen) atoms. The van der Waals surface area contributed by atoms with Gasteiger partial charge in [0.15, 0.2) is 0 Å². The fraction of sp³-hybridized carbons (Fsp3) is 0.500. The van der Waals surface area contributed by atoms with Crippen molar-refractivity contribution >= 4 is 39.1 Å². The molecule has 0 unspecified atom stereocenters. The molecule has 0 radical (unpaired) electrons. The smallest absolute Gasteiger partial charge is 0.244 e. The Bertz CT molecular complexity index is 1160. The second-order valence-electron chi connectivity index (χ2n) is 10.5. The Kier molecular flexibility index (Phi) is 10.6. The van der Waals surface area contributed by atoms with Crippen LogP contribution in [0.4, 0.5) is 5.69 Å². The van der Waals surface area contributed by atoms with Gasteiger partial charge in [-0.2, -0.15) is 0 Å². The normalized spacial score (nSPS) is 13.5. The van der Waals surface area contributed by atoms with Crippen LogP contribution in [0.3, 0.4) is 0 Å². The zero-order valence-electron chi connectivity index (χ0n) is 22.9. The van der Waals surface area contributed by atoms with Gasteiger partial charge in [-0.1, -0.05) is 70.5 Å². The Balaban J connectivity index is 2.44. The number of benzene rings is 2. The van der Waals surface area contributed by atoms with Crippen LogP contribution in [0.15, 0.2) is 48.5 Å². The first-order chi connectivity index (χ1) is 17.2. The van der Waals surface area contributed by atoms with Gasteiger partial charge in [-0.3, -0.25) is 13.9 Å². The van der Waals surface area contributed by atoms with E-state index in [2.05, 4.69) is 26.1 Å². The summed E-state index contributed by atoms with van der Waals surface area (Å²) in [4.78, 5) is 28.4. The summed E-state index contributed by atoms with van der Waals surface area (Å²) in [5.74, 6) is -0.731. The van der Waals surface area contributed by atoms with Crippen LogP contribution in [0, 0.1) is 0 Å². The van der Waals surface area contributed by atoms with E-state index in [0.717, 1.165) is 28.1 Å². The fourth-order valence-corrected chi connectivity index (χ4v) is 4.86. The van der Waals surface area contributed by atoms with Crippen molar-refractivity contribution in [3.8, 4) is 0 Å². The van der Waals surface area contributed by atoms with E-state index in [9.17, 15) is 18.0 Å². The number of anilines is 1. The Hall–Kier alpha value is -2.58. The van der Waals surface area contributed by atoms with E-state index in [4.69, 9.17) is 11.6 Å². The van der Waals surface area contributed by atoms with Gasteiger partial charge < -0.3 is 10.2 Å². The van der Waals surface area contributed by atoms with Crippen molar-refractivity contribution in [1.82, 2.24) is 10.2 Å². The molecule has 2 aromatic carbocycles. The molecular formula is C28H40ClN3O4S. The van der Waals surface area contributed by atoms with Crippen LogP contribution >= 0.6 is 11.6 Å². The van der Waals surface area contributed by atoms with Crippen LogP contribution in [-0.2, 0) is 31.6 Å². The zero-order chi connectivity index (χ0) is 28.0. The van der Waals surface area contributed by atoms with Gasteiger partial charge in [0.25, 0.3) is 0 Å². The van der Waals surface area contributed by atoms with Gasteiger partial charge in [-0.05, 0) is 60.6 Å². The average molecular weight is 550 g/mol. The molecule has 0 spiro atoms. The lowest BCUT2D eigenvalue weighted by Crippen LogP contribution is -2.53. The van der Waals surface area contributed by atoms with E-state index in [0.29, 0.717) is 17.1 Å². The molecule has 0 aromatic heterocycles. The number of halogens is 1. The first kappa shape index (κ1) is 30.6. The van der Waals surface area contributed by atoms with Gasteiger partial charge in [0.2, 0.25) is 21.8 Å². The highest BCUT2D eigenvalue weighted by atomic mass is 35.5. The summed E-state index contributed by atoms with van der Waals surface area (Å²) in [6.07, 6.45) is 2.20. The largest absolute Gasteiger partial charge is 0.352 e. The highest BCUT2D eigenvalue weighted by Crippen LogP contribution is 2.26. The minimum absolute atomic E-state index is 0.0529. The molecule has 2 amide bonds. The van der Waals surface area contributed by atoms with Crippen LogP contribution in [0.25, 0.3) is 0 Å². The quantitative estimate of drug-likeness (QED) is 0.421. The van der Waals surface area contributed by atoms with Gasteiger partial charge in [0.05, 0.1) is 11.9 Å². The molecule has 1 N–H and O–H groups in total. The number of hydrogen-bond acceptors (Lipinski definition) is 4. The SMILES string of the molecule is CC[C@H](C)NC(=O)[C@H](CC)N(Cc1ccc(Cl)cc1)C(=O)CN(c1ccc(C(C)(C)C)cc1)S(C)(=O)=O. The van der Waals surface area contributed by atoms with Crippen LogP contribution in [-0.4, -0.2) is 50.0 Å². The maximum atomic E-state index is 13.7. The maximum Gasteiger partial charge on any atom is 0.244 e. The minimum atomic E-state index is -3.78. The standard InChI is InChI=1S/C28H40ClN3O4S/c1-8-20(3)30-27(34)25(9-2)31(18-21-10-14-23(29)15-11-21)26(33)19-32(37(7,35)36)24-16-12-22(13-17-24)28(4,5)6/h10-17,20,25H,8-9,18-19H2,1-7H3,(H,30,34)/t20-,25-/m0/s1. The van der Waals surface area contributed by atoms with Crippen LogP contribution in [0.2, 0.25) is 5.02 Å². The highest BCUT2D eigenvalue weighted by molar-refractivity contribution is 7.92. The Labute approximate surface area is 227 Å². The monoisotopic (exact) mass is 549 g/mol. The van der Waals surface area contributed by atoms with Crippen molar-refractivity contribution in [2.75, 3.05) is 17.1 Å². The molecule has 0 fully saturated rings. The number of hydrogen-bond donors (Lipinski definition) is 1. The Morgan fingerprint density at radius 3 is 2.00 bits per heavy atom. The molecule has 9 heteroatoms. The van der Waals surface area contributed by atoms with Crippen molar-refractivity contribution in [2.45, 2.75) is 78.4 Å². The summed E-state index contributed by atoms with van der Waals surface area (Å²) in [7, 11) is -3.78. The molecule has 7 nitrogen and oxygen atoms in total. The molecule has 204 valence electrons. The topological polar surface area (TPSA) is 86.8 Å². The number of nitrogens with zero attached hydrogens (tertiary/aromatic N) is 2. The molecule has 2 aromatic rings. The summed E-state index contributed by atoms with van der Waals surface area (Å²) in [6, 6.07) is 13.4. The average Bonchev–Trinajstić information content (AvgIpc) is 2.82. The van der Waals surface area contributed by atoms with Gasteiger partial charge >= 0.3 is 0 Å². The Morgan fingerprint density at radius 2 is 1.54 bits per heavy atom. The van der Waals surface area contributed by atoms with E-state index in [-0.39, 0.29) is 23.9 Å². The summed E-state index contributed by atoms with van der Waals surface area (Å²) in [5.41, 5.74) is 2.13. The third kappa shape index (κ3) is 8.75. The third-order valence-corrected chi connectivity index (χ3v) is 7.75. The molecule has 0 bridgehead atoms. The molecule has 2 atom stereocenters. The van der Waals surface area contributed by atoms with E-state index >= 15 is 0 Å². The number of sulfonamides is 1. The molecule has 0 heterocycles. The lowest BCUT2D eigenvalue weighted by atomic mass is 9.87. The van der Waals surface area contributed by atoms with Crippen molar-refractivity contribution in [3.05, 3.63) is 64.7 Å². The number of carbonyl (C=O) groups excluding carboxylic acids is 2. The van der Waals surface area contributed by atoms with Gasteiger partial charge in [-0.25, -0.2) is 8.42 Å². The molecular weight excluding hydrogens is 510 g/mol. The van der Waals surface area contributed by atoms with Gasteiger partial charge in [0.1, 0.15) is 12.6 Å². The van der Waals surface area contributed by atoms with Crippen molar-refractivity contribution in [1.29, 1.82) is 0 Å². The predicted octanol–water partition coefficient (Wildman–Crippen LogP) is 5.13. The van der Waals surface area contributed by atoms with Gasteiger partial charge in [0, 0.05) is 17.6 Å². The number of amides is 2. The zero-order valence-corrected chi connectivity index (χ0v) is 24.5. The van der Waals surface area contributed by atoms with Crippen molar-refractivity contribution in [3.63, 3.8) is 0 Å². The first-order valence-electron chi connectivity index (χ1n) is 12.6. The Morgan fingerprint density at radius 1 is 0.973 bits per heavy atom. The molecule has 0 aliphatic carbocycles. The van der Waals surface area contributed by atoms with Crippen LogP contribution in [0.5, 0.6) is 0 Å². The van der Waals surface area contributed by atoms with E-state index in [1.54, 1.807) is 36.4 Å². The lowest BCUT2D eigenvalue weighted by Gasteiger charge is -2.33. The number of carbonyl (C=O) groups is 2. The van der Waals surface area contributed by atoms with Crippen LogP contribution in [0.1, 0.15) is 65.5 Å². The molecule has 0 aliphatic rings. The molecule has 0 saturated heterocycles. The van der Waals surface area contributed by atoms with Crippen LogP contribution < -0.4 is 9.62 Å². The number of nitrogens with one attached hydrogen (secondary N) is 1. The van der Waals surface area contributed by atoms with E-state index < -0.39 is 28.5 Å². The molecule has 0 aliphatic heterocycles. The number of rotatable bonds is 11. The third-order valence-electron chi connectivity index (χ3n) is 6.35. The lowest BCUT2D eigenvalue weighted by molar-refractivity contribution is -0.140. The van der Waals surface area contributed by atoms with E-state index in [1.165, 1.54) is 4.90 Å². The summed E-state index contributed by atoms with van der Waals surface area (Å²) >= 11 is 6.03. The maximum absolute atomic E-state index is 13.7. The summed E-state index contributed by atoms with van der Waals surface area (Å²) < 4.78 is 26.7. The second-order valence-corrected chi connectivity index (χ2v) is 12.8. The molecule has 2 rings (SSSR count). The highest BCUT2D eigenvalue weighted by Gasteiger charge is 2.32. The predicted molar refractivity (Wildman–Crippen MR) is 151 cm³/mol. The fourth-order valence-electron chi connectivity index (χ4n) is 3.89. The summed E-state index contributed by atoms with van der Waals surface area (Å²) in [5, 5.41) is 3.52. The minimum Gasteiger partial charge on any atom is -0.352 e. The second kappa shape index (κ2) is 12.8. The first-order valence-corrected chi connectivity index (χ1v) is 14.8. The summed E-state index contributed by atoms with van der Waals surface area (Å²) in [6.45, 7) is 11.7. The van der Waals surface area contributed by atoms with Crippen molar-refractivity contribution < 1.29 is 18.0 Å². The van der Waals surface area contributed by atoms with E-state index in [1.807, 2.05) is 32.9 Å². The molecule has 0 saturated carbocycles. The van der Waals surface area contributed by atoms with Crippen molar-refractivity contribution in [2.24, 2.45) is 0 Å².